The summed E-state index contributed by atoms with van der Waals surface area (Å²) >= 11 is 0. The maximum atomic E-state index is 10.6. The van der Waals surface area contributed by atoms with Crippen LogP contribution in [-0.2, 0) is 11.8 Å². The van der Waals surface area contributed by atoms with Gasteiger partial charge in [0, 0.05) is 11.6 Å². The summed E-state index contributed by atoms with van der Waals surface area (Å²) in [5.74, 6) is 3.25. The zero-order valence-corrected chi connectivity index (χ0v) is 15.1. The van der Waals surface area contributed by atoms with Gasteiger partial charge < -0.3 is 10.2 Å². The van der Waals surface area contributed by atoms with Crippen LogP contribution in [0.2, 0.25) is 0 Å². The minimum atomic E-state index is 0.199. The molecule has 0 aliphatic heterocycles. The van der Waals surface area contributed by atoms with E-state index in [0.29, 0.717) is 5.75 Å². The van der Waals surface area contributed by atoms with Crippen LogP contribution >= 0.6 is 0 Å². The van der Waals surface area contributed by atoms with Gasteiger partial charge in [0.25, 0.3) is 0 Å². The van der Waals surface area contributed by atoms with Gasteiger partial charge in [0.15, 0.2) is 0 Å². The zero-order chi connectivity index (χ0) is 16.7. The van der Waals surface area contributed by atoms with Crippen LogP contribution in [0.1, 0.15) is 82.3 Å². The van der Waals surface area contributed by atoms with Gasteiger partial charge in [-0.05, 0) is 86.2 Å². The van der Waals surface area contributed by atoms with Crippen LogP contribution < -0.4 is 0 Å². The summed E-state index contributed by atoms with van der Waals surface area (Å²) in [6.07, 6.45) is 13.8. The van der Waals surface area contributed by atoms with E-state index in [4.69, 9.17) is 0 Å². The molecule has 0 aromatic heterocycles. The Morgan fingerprint density at radius 1 is 0.875 bits per heavy atom. The van der Waals surface area contributed by atoms with Crippen molar-refractivity contribution in [2.75, 3.05) is 0 Å². The van der Waals surface area contributed by atoms with Crippen molar-refractivity contribution in [3.8, 4) is 11.5 Å². The van der Waals surface area contributed by atoms with Crippen molar-refractivity contribution >= 4 is 0 Å². The molecule has 4 bridgehead atoms. The third kappa shape index (κ3) is 2.82. The maximum absolute atomic E-state index is 10.6. The fraction of sp³-hybridized carbons (Fsp3) is 0.727. The van der Waals surface area contributed by atoms with Gasteiger partial charge in [-0.3, -0.25) is 0 Å². The summed E-state index contributed by atoms with van der Waals surface area (Å²) in [6.45, 7) is 2.23. The molecule has 1 aromatic rings. The molecule has 24 heavy (non-hydrogen) atoms. The van der Waals surface area contributed by atoms with Gasteiger partial charge >= 0.3 is 0 Å². The Balaban J connectivity index is 1.60. The molecule has 0 heterocycles. The molecular formula is C22H32O2. The molecule has 132 valence electrons. The second kappa shape index (κ2) is 6.28. The highest BCUT2D eigenvalue weighted by atomic mass is 16.3. The number of benzene rings is 1. The molecule has 0 radical (unpaired) electrons. The SMILES string of the molecule is CCCCCCc1cc(C23CC4CC(CC(C4)C2)C3)c(O)cc1O. The van der Waals surface area contributed by atoms with Gasteiger partial charge in [-0.2, -0.15) is 0 Å². The molecule has 2 nitrogen and oxygen atoms in total. The maximum Gasteiger partial charge on any atom is 0.123 e. The van der Waals surface area contributed by atoms with Gasteiger partial charge in [0.1, 0.15) is 11.5 Å². The summed E-state index contributed by atoms with van der Waals surface area (Å²) in [4.78, 5) is 0. The lowest BCUT2D eigenvalue weighted by Crippen LogP contribution is -2.48. The molecular weight excluding hydrogens is 296 g/mol. The largest absolute Gasteiger partial charge is 0.508 e. The van der Waals surface area contributed by atoms with E-state index in [9.17, 15) is 10.2 Å². The first kappa shape index (κ1) is 16.3. The number of rotatable bonds is 6. The minimum absolute atomic E-state index is 0.199. The van der Waals surface area contributed by atoms with Crippen molar-refractivity contribution in [3.05, 3.63) is 23.3 Å². The second-order valence-corrected chi connectivity index (χ2v) is 9.01. The molecule has 1 aromatic carbocycles. The Labute approximate surface area is 146 Å². The molecule has 4 aliphatic carbocycles. The lowest BCUT2D eigenvalue weighted by molar-refractivity contribution is -0.00618. The van der Waals surface area contributed by atoms with Crippen molar-refractivity contribution in [1.29, 1.82) is 0 Å². The van der Waals surface area contributed by atoms with Crippen LogP contribution in [-0.4, -0.2) is 10.2 Å². The first-order valence-electron chi connectivity index (χ1n) is 10.1. The summed E-state index contributed by atoms with van der Waals surface area (Å²) in [6, 6.07) is 3.80. The van der Waals surface area contributed by atoms with Crippen LogP contribution in [0, 0.1) is 17.8 Å². The molecule has 0 saturated heterocycles. The number of phenols is 2. The Morgan fingerprint density at radius 3 is 2.08 bits per heavy atom. The lowest BCUT2D eigenvalue weighted by atomic mass is 9.48. The van der Waals surface area contributed by atoms with E-state index in [1.165, 1.54) is 57.8 Å². The zero-order valence-electron chi connectivity index (χ0n) is 15.1. The average Bonchev–Trinajstić information content (AvgIpc) is 2.51. The average molecular weight is 328 g/mol. The van der Waals surface area contributed by atoms with Gasteiger partial charge in [-0.25, -0.2) is 0 Å². The second-order valence-electron chi connectivity index (χ2n) is 9.01. The quantitative estimate of drug-likeness (QED) is 0.659. The monoisotopic (exact) mass is 328 g/mol. The number of hydrogen-bond donors (Lipinski definition) is 2. The summed E-state index contributed by atoms with van der Waals surface area (Å²) < 4.78 is 0. The summed E-state index contributed by atoms with van der Waals surface area (Å²) in [7, 11) is 0. The molecule has 0 spiro atoms. The molecule has 0 atom stereocenters. The Hall–Kier alpha value is -1.18. The Morgan fingerprint density at radius 2 is 1.50 bits per heavy atom. The fourth-order valence-corrected chi connectivity index (χ4v) is 6.43. The summed E-state index contributed by atoms with van der Waals surface area (Å²) in [5, 5.41) is 20.9. The van der Waals surface area contributed by atoms with Crippen molar-refractivity contribution in [1.82, 2.24) is 0 Å². The highest BCUT2D eigenvalue weighted by Gasteiger charge is 2.52. The topological polar surface area (TPSA) is 40.5 Å². The Kier molecular flexibility index (Phi) is 4.26. The fourth-order valence-electron chi connectivity index (χ4n) is 6.43. The molecule has 5 rings (SSSR count). The standard InChI is InChI=1S/C22H32O2/c1-2-3-4-5-6-18-10-19(21(24)11-20(18)23)22-12-15-7-16(13-22)9-17(8-15)14-22/h10-11,15-17,23-24H,2-9,12-14H2,1H3. The van der Waals surface area contributed by atoms with E-state index in [1.54, 1.807) is 6.07 Å². The normalized spacial score (nSPS) is 34.0. The van der Waals surface area contributed by atoms with Crippen LogP contribution in [0.4, 0.5) is 0 Å². The van der Waals surface area contributed by atoms with E-state index in [0.717, 1.165) is 41.7 Å². The number of hydrogen-bond acceptors (Lipinski definition) is 2. The predicted molar refractivity (Wildman–Crippen MR) is 97.5 cm³/mol. The van der Waals surface area contributed by atoms with E-state index < -0.39 is 0 Å². The van der Waals surface area contributed by atoms with Crippen LogP contribution in [0.5, 0.6) is 11.5 Å². The molecule has 0 amide bonds. The molecule has 2 N–H and O–H groups in total. The molecule has 2 heteroatoms. The van der Waals surface area contributed by atoms with Crippen LogP contribution in [0.3, 0.4) is 0 Å². The molecule has 4 saturated carbocycles. The number of aromatic hydroxyl groups is 2. The van der Waals surface area contributed by atoms with Crippen molar-refractivity contribution < 1.29 is 10.2 Å². The number of aryl methyl sites for hydroxylation is 1. The third-order valence-corrected chi connectivity index (χ3v) is 7.11. The van der Waals surface area contributed by atoms with E-state index in [-0.39, 0.29) is 11.2 Å². The number of unbranched alkanes of at least 4 members (excludes halogenated alkanes) is 3. The third-order valence-electron chi connectivity index (χ3n) is 7.11. The van der Waals surface area contributed by atoms with Crippen molar-refractivity contribution in [2.45, 2.75) is 83.0 Å². The highest BCUT2D eigenvalue weighted by Crippen LogP contribution is 2.62. The van der Waals surface area contributed by atoms with Crippen molar-refractivity contribution in [2.24, 2.45) is 17.8 Å². The molecule has 4 fully saturated rings. The highest BCUT2D eigenvalue weighted by molar-refractivity contribution is 5.49. The van der Waals surface area contributed by atoms with Crippen molar-refractivity contribution in [3.63, 3.8) is 0 Å². The molecule has 4 aliphatic rings. The van der Waals surface area contributed by atoms with Gasteiger partial charge in [-0.1, -0.05) is 26.2 Å². The Bertz CT molecular complexity index is 569. The lowest BCUT2D eigenvalue weighted by Gasteiger charge is -2.57. The predicted octanol–water partition coefficient (Wildman–Crippen LogP) is 5.69. The van der Waals surface area contributed by atoms with Crippen LogP contribution in [0.25, 0.3) is 0 Å². The van der Waals surface area contributed by atoms with Crippen LogP contribution in [0.15, 0.2) is 12.1 Å². The van der Waals surface area contributed by atoms with Gasteiger partial charge in [0.2, 0.25) is 0 Å². The molecule has 0 unspecified atom stereocenters. The van der Waals surface area contributed by atoms with E-state index >= 15 is 0 Å². The minimum Gasteiger partial charge on any atom is -0.508 e. The number of phenolic OH excluding ortho intramolecular Hbond substituents is 2. The smallest absolute Gasteiger partial charge is 0.123 e. The first-order chi connectivity index (χ1) is 11.6. The summed E-state index contributed by atoms with van der Waals surface area (Å²) in [5.41, 5.74) is 2.41. The van der Waals surface area contributed by atoms with E-state index in [2.05, 4.69) is 13.0 Å². The van der Waals surface area contributed by atoms with Gasteiger partial charge in [0.05, 0.1) is 0 Å². The van der Waals surface area contributed by atoms with Gasteiger partial charge in [-0.15, -0.1) is 0 Å². The van der Waals surface area contributed by atoms with E-state index in [1.807, 2.05) is 0 Å². The first-order valence-corrected chi connectivity index (χ1v) is 10.1.